The largest absolute Gasteiger partial charge is 0.466 e. The van der Waals surface area contributed by atoms with Crippen LogP contribution >= 0.6 is 0 Å². The van der Waals surface area contributed by atoms with Crippen molar-refractivity contribution < 1.29 is 48.3 Å². The maximum atomic E-state index is 12.9. The summed E-state index contributed by atoms with van der Waals surface area (Å²) < 4.78 is 21.6. The van der Waals surface area contributed by atoms with Gasteiger partial charge in [-0.3, -0.25) is 4.79 Å². The highest BCUT2D eigenvalue weighted by atomic mass is 16.6. The SMILES string of the molecule is C=C1CCC=C(C(=O)OC)C(OC(=O)C(C)C)C(OC(=O)C(=CC)CO)C2C(=C)C(=O)OC2C1O. The zero-order valence-electron chi connectivity index (χ0n) is 20.3. The van der Waals surface area contributed by atoms with E-state index in [0.717, 1.165) is 7.11 Å². The van der Waals surface area contributed by atoms with E-state index in [1.54, 1.807) is 13.8 Å². The molecule has 1 saturated heterocycles. The maximum absolute atomic E-state index is 12.9. The molecule has 1 aliphatic heterocycles. The van der Waals surface area contributed by atoms with Gasteiger partial charge in [-0.2, -0.15) is 0 Å². The van der Waals surface area contributed by atoms with Gasteiger partial charge in [0.2, 0.25) is 0 Å². The molecule has 0 aromatic rings. The second-order valence-electron chi connectivity index (χ2n) is 8.57. The van der Waals surface area contributed by atoms with Crippen molar-refractivity contribution in [2.45, 2.75) is 58.0 Å². The Kier molecular flexibility index (Phi) is 9.55. The highest BCUT2D eigenvalue weighted by molar-refractivity contribution is 5.93. The summed E-state index contributed by atoms with van der Waals surface area (Å²) in [6, 6.07) is 0. The van der Waals surface area contributed by atoms with Crippen LogP contribution in [-0.2, 0) is 38.1 Å². The van der Waals surface area contributed by atoms with Crippen molar-refractivity contribution in [2.75, 3.05) is 13.7 Å². The minimum absolute atomic E-state index is 0.114. The van der Waals surface area contributed by atoms with E-state index in [-0.39, 0.29) is 29.6 Å². The topological polar surface area (TPSA) is 146 Å². The van der Waals surface area contributed by atoms with Crippen LogP contribution < -0.4 is 0 Å². The molecule has 2 aliphatic rings. The number of carbonyl (C=O) groups excluding carboxylic acids is 4. The van der Waals surface area contributed by atoms with Gasteiger partial charge in [0.05, 0.1) is 36.7 Å². The van der Waals surface area contributed by atoms with E-state index in [9.17, 15) is 29.4 Å². The minimum Gasteiger partial charge on any atom is -0.466 e. The van der Waals surface area contributed by atoms with Gasteiger partial charge in [0, 0.05) is 5.57 Å². The van der Waals surface area contributed by atoms with Crippen LogP contribution in [0.5, 0.6) is 0 Å². The number of aliphatic hydroxyl groups is 2. The standard InChI is InChI=1S/C25H32O10/c1-7-15(11-26)24(30)35-21-17-14(5)23(29)34-20(17)18(27)13(4)9-8-10-16(25(31)32-6)19(21)33-22(28)12(2)3/h7,10,12,17-21,26-27H,4-5,8-9,11H2,1-3,6H3. The molecular formula is C25H32O10. The maximum Gasteiger partial charge on any atom is 0.337 e. The number of allylic oxidation sites excluding steroid dienone is 2. The van der Waals surface area contributed by atoms with Gasteiger partial charge < -0.3 is 29.2 Å². The molecule has 10 heteroatoms. The highest BCUT2D eigenvalue weighted by Crippen LogP contribution is 2.40. The Bertz CT molecular complexity index is 957. The Hall–Kier alpha value is -3.24. The van der Waals surface area contributed by atoms with Crippen LogP contribution in [0.4, 0.5) is 0 Å². The van der Waals surface area contributed by atoms with Crippen LogP contribution in [0, 0.1) is 11.8 Å². The summed E-state index contributed by atoms with van der Waals surface area (Å²) in [6.45, 7) is 11.6. The zero-order valence-corrected chi connectivity index (χ0v) is 20.3. The van der Waals surface area contributed by atoms with Crippen LogP contribution in [-0.4, -0.2) is 72.2 Å². The van der Waals surface area contributed by atoms with Gasteiger partial charge in [0.25, 0.3) is 0 Å². The normalized spacial score (nSPS) is 27.5. The van der Waals surface area contributed by atoms with E-state index in [0.29, 0.717) is 5.57 Å². The van der Waals surface area contributed by atoms with Gasteiger partial charge in [-0.25, -0.2) is 14.4 Å². The molecule has 0 saturated carbocycles. The first-order valence-electron chi connectivity index (χ1n) is 11.2. The minimum atomic E-state index is -1.54. The van der Waals surface area contributed by atoms with Crippen molar-refractivity contribution in [2.24, 2.45) is 11.8 Å². The van der Waals surface area contributed by atoms with E-state index in [1.165, 1.54) is 19.1 Å². The first-order valence-corrected chi connectivity index (χ1v) is 11.2. The lowest BCUT2D eigenvalue weighted by molar-refractivity contribution is -0.173. The molecule has 0 spiro atoms. The number of ether oxygens (including phenoxy) is 4. The van der Waals surface area contributed by atoms with Crippen molar-refractivity contribution >= 4 is 23.9 Å². The number of hydrogen-bond acceptors (Lipinski definition) is 10. The van der Waals surface area contributed by atoms with Crippen molar-refractivity contribution in [3.8, 4) is 0 Å². The van der Waals surface area contributed by atoms with Crippen molar-refractivity contribution in [3.05, 3.63) is 47.6 Å². The van der Waals surface area contributed by atoms with Crippen LogP contribution in [0.15, 0.2) is 47.6 Å². The van der Waals surface area contributed by atoms with Crippen LogP contribution in [0.25, 0.3) is 0 Å². The smallest absolute Gasteiger partial charge is 0.337 e. The fraction of sp³-hybridized carbons (Fsp3) is 0.520. The number of methoxy groups -OCH3 is 1. The van der Waals surface area contributed by atoms with Crippen LogP contribution in [0.2, 0.25) is 0 Å². The molecule has 0 radical (unpaired) electrons. The third-order valence-electron chi connectivity index (χ3n) is 5.94. The fourth-order valence-electron chi connectivity index (χ4n) is 3.84. The molecule has 0 aromatic heterocycles. The summed E-state index contributed by atoms with van der Waals surface area (Å²) in [7, 11) is 1.14. The van der Waals surface area contributed by atoms with Gasteiger partial charge in [-0.15, -0.1) is 0 Å². The Morgan fingerprint density at radius 1 is 1.26 bits per heavy atom. The van der Waals surface area contributed by atoms with Gasteiger partial charge in [-0.05, 0) is 25.3 Å². The first-order chi connectivity index (χ1) is 16.5. The zero-order chi connectivity index (χ0) is 26.4. The number of hydrogen-bond donors (Lipinski definition) is 2. The van der Waals surface area contributed by atoms with Gasteiger partial charge in [0.15, 0.2) is 12.2 Å². The molecule has 5 atom stereocenters. The van der Waals surface area contributed by atoms with Gasteiger partial charge in [-0.1, -0.05) is 39.2 Å². The lowest BCUT2D eigenvalue weighted by Crippen LogP contribution is -2.49. The van der Waals surface area contributed by atoms with Crippen LogP contribution in [0.1, 0.15) is 33.6 Å². The molecule has 1 fully saturated rings. The number of fused-ring (bicyclic) bond motifs is 1. The monoisotopic (exact) mass is 492 g/mol. The summed E-state index contributed by atoms with van der Waals surface area (Å²) in [5, 5.41) is 20.4. The van der Waals surface area contributed by atoms with E-state index >= 15 is 0 Å². The Morgan fingerprint density at radius 3 is 2.46 bits per heavy atom. The second kappa shape index (κ2) is 11.9. The number of aliphatic hydroxyl groups excluding tert-OH is 2. The summed E-state index contributed by atoms with van der Waals surface area (Å²) in [5.41, 5.74) is -0.0753. The summed E-state index contributed by atoms with van der Waals surface area (Å²) in [5.74, 6) is -5.22. The molecule has 192 valence electrons. The molecular weight excluding hydrogens is 460 g/mol. The van der Waals surface area contributed by atoms with E-state index in [4.69, 9.17) is 18.9 Å². The summed E-state index contributed by atoms with van der Waals surface area (Å²) >= 11 is 0. The molecule has 2 rings (SSSR count). The molecule has 5 unspecified atom stereocenters. The second-order valence-corrected chi connectivity index (χ2v) is 8.57. The Morgan fingerprint density at radius 2 is 1.91 bits per heavy atom. The number of esters is 4. The molecule has 1 heterocycles. The Labute approximate surface area is 203 Å². The first kappa shape index (κ1) is 28.0. The molecule has 0 bridgehead atoms. The molecule has 1 aliphatic carbocycles. The van der Waals surface area contributed by atoms with E-state index < -0.39 is 66.7 Å². The lowest BCUT2D eigenvalue weighted by Gasteiger charge is -2.36. The van der Waals surface area contributed by atoms with Gasteiger partial charge >= 0.3 is 23.9 Å². The van der Waals surface area contributed by atoms with Gasteiger partial charge in [0.1, 0.15) is 12.2 Å². The Balaban J connectivity index is 2.78. The lowest BCUT2D eigenvalue weighted by atomic mass is 9.80. The molecule has 0 aromatic carbocycles. The average Bonchev–Trinajstić information content (AvgIpc) is 3.12. The number of rotatable bonds is 6. The molecule has 2 N–H and O–H groups in total. The summed E-state index contributed by atoms with van der Waals surface area (Å²) in [4.78, 5) is 50.9. The average molecular weight is 493 g/mol. The third-order valence-corrected chi connectivity index (χ3v) is 5.94. The van der Waals surface area contributed by atoms with Crippen molar-refractivity contribution in [1.29, 1.82) is 0 Å². The highest BCUT2D eigenvalue weighted by Gasteiger charge is 2.54. The van der Waals surface area contributed by atoms with E-state index in [2.05, 4.69) is 13.2 Å². The van der Waals surface area contributed by atoms with E-state index in [1.807, 2.05) is 0 Å². The number of carbonyl (C=O) groups is 4. The van der Waals surface area contributed by atoms with Crippen molar-refractivity contribution in [3.63, 3.8) is 0 Å². The summed E-state index contributed by atoms with van der Waals surface area (Å²) in [6.07, 6.45) is -2.51. The molecule has 35 heavy (non-hydrogen) atoms. The predicted octanol–water partition coefficient (Wildman–Crippen LogP) is 1.31. The fourth-order valence-corrected chi connectivity index (χ4v) is 3.84. The quantitative estimate of drug-likeness (QED) is 0.241. The van der Waals surface area contributed by atoms with Crippen LogP contribution in [0.3, 0.4) is 0 Å². The molecule has 10 nitrogen and oxygen atoms in total. The third kappa shape index (κ3) is 6.07. The van der Waals surface area contributed by atoms with Crippen molar-refractivity contribution in [1.82, 2.24) is 0 Å². The molecule has 0 amide bonds. The predicted molar refractivity (Wildman–Crippen MR) is 122 cm³/mol.